The molecule has 0 aliphatic heterocycles. The number of ketones is 1. The van der Waals surface area contributed by atoms with Gasteiger partial charge in [-0.05, 0) is 61.3 Å². The topological polar surface area (TPSA) is 76.2 Å². The summed E-state index contributed by atoms with van der Waals surface area (Å²) in [6, 6.07) is 24.1. The number of carbonyl (C=O) groups excluding carboxylic acids is 1. The molecule has 54 heavy (non-hydrogen) atoms. The molecule has 0 bridgehead atoms. The number of allylic oxidation sites excluding steroid dienone is 2. The van der Waals surface area contributed by atoms with Crippen molar-refractivity contribution < 1.29 is 37.2 Å². The van der Waals surface area contributed by atoms with Gasteiger partial charge >= 0.3 is 0 Å². The molecule has 0 atom stereocenters. The van der Waals surface area contributed by atoms with Gasteiger partial charge in [-0.2, -0.15) is 4.98 Å². The Hall–Kier alpha value is -3.86. The summed E-state index contributed by atoms with van der Waals surface area (Å²) in [6.45, 7) is 24.5. The summed E-state index contributed by atoms with van der Waals surface area (Å²) in [4.78, 5) is 21.8. The zero-order valence-corrected chi connectivity index (χ0v) is 36.6. The van der Waals surface area contributed by atoms with Crippen LogP contribution in [0.15, 0.2) is 76.9 Å². The van der Waals surface area contributed by atoms with Gasteiger partial charge in [0.2, 0.25) is 5.71 Å². The fraction of sp³-hybridized carbons (Fsp3) is 0.438. The Morgan fingerprint density at radius 1 is 0.870 bits per heavy atom. The molecule has 0 aliphatic rings. The first-order valence-electron chi connectivity index (χ1n) is 20.3. The summed E-state index contributed by atoms with van der Waals surface area (Å²) in [5, 5.41) is 16.1. The number of aromatic nitrogens is 2. The van der Waals surface area contributed by atoms with Crippen molar-refractivity contribution in [2.75, 3.05) is 0 Å². The summed E-state index contributed by atoms with van der Waals surface area (Å²) in [5.74, 6) is 0.794. The molecule has 2 aromatic heterocycles. The van der Waals surface area contributed by atoms with E-state index in [4.69, 9.17) is 12.1 Å². The number of carbonyl (C=O) groups is 1. The van der Waals surface area contributed by atoms with Crippen molar-refractivity contribution in [2.45, 2.75) is 121 Å². The quantitative estimate of drug-likeness (QED) is 0.0842. The van der Waals surface area contributed by atoms with Gasteiger partial charge in [-0.15, -0.1) is 29.1 Å². The van der Waals surface area contributed by atoms with Gasteiger partial charge in [0.05, 0.1) is 0 Å². The van der Waals surface area contributed by atoms with Crippen molar-refractivity contribution in [3.05, 3.63) is 95.5 Å². The van der Waals surface area contributed by atoms with Crippen molar-refractivity contribution >= 4 is 49.4 Å². The first-order chi connectivity index (χ1) is 25.7. The second kappa shape index (κ2) is 16.9. The molecule has 2 heterocycles. The van der Waals surface area contributed by atoms with Gasteiger partial charge in [-0.1, -0.05) is 136 Å². The Labute approximate surface area is 339 Å². The number of aryl methyl sites for hydroxylation is 1. The van der Waals surface area contributed by atoms with Crippen LogP contribution in [0, 0.1) is 29.7 Å². The number of fused-ring (bicyclic) bond motifs is 6. The molecule has 289 valence electrons. The number of aliphatic hydroxyl groups is 1. The van der Waals surface area contributed by atoms with E-state index < -0.39 is 6.37 Å². The molecule has 6 heteroatoms. The normalized spacial score (nSPS) is 13.5. The monoisotopic (exact) mass is 906 g/mol. The fourth-order valence-corrected chi connectivity index (χ4v) is 6.85. The van der Waals surface area contributed by atoms with E-state index in [0.717, 1.165) is 69.5 Å². The minimum atomic E-state index is -1.41. The predicted octanol–water partition coefficient (Wildman–Crippen LogP) is 13.6. The van der Waals surface area contributed by atoms with Gasteiger partial charge in [-0.3, -0.25) is 9.78 Å². The number of aliphatic hydroxyl groups excluding tert-OH is 1. The van der Waals surface area contributed by atoms with Crippen molar-refractivity contribution in [2.24, 2.45) is 16.7 Å². The van der Waals surface area contributed by atoms with Crippen LogP contribution in [-0.2, 0) is 36.7 Å². The van der Waals surface area contributed by atoms with E-state index in [9.17, 15) is 9.90 Å². The van der Waals surface area contributed by atoms with E-state index in [2.05, 4.69) is 56.1 Å². The average Bonchev–Trinajstić information content (AvgIpc) is 3.54. The molecule has 6 rings (SSSR count). The van der Waals surface area contributed by atoms with E-state index in [-0.39, 0.29) is 53.8 Å². The molecule has 1 radical (unpaired) electrons. The smallest absolute Gasteiger partial charge is 0.223 e. The third-order valence-electron chi connectivity index (χ3n) is 11.3. The van der Waals surface area contributed by atoms with Gasteiger partial charge in [0.1, 0.15) is 17.2 Å². The summed E-state index contributed by atoms with van der Waals surface area (Å²) in [7, 11) is 0. The predicted molar refractivity (Wildman–Crippen MR) is 224 cm³/mol. The molecular weight excluding hydrogens is 845 g/mol. The first kappa shape index (κ1) is 39.8. The number of hydrogen-bond acceptors (Lipinski definition) is 5. The molecule has 5 nitrogen and oxygen atoms in total. The van der Waals surface area contributed by atoms with Crippen LogP contribution in [-0.4, -0.2) is 20.9 Å². The van der Waals surface area contributed by atoms with Gasteiger partial charge < -0.3 is 9.52 Å². The van der Waals surface area contributed by atoms with Crippen molar-refractivity contribution in [1.29, 1.82) is 0 Å². The van der Waals surface area contributed by atoms with Crippen LogP contribution in [0.25, 0.3) is 54.9 Å². The maximum absolute atomic E-state index is 12.2. The van der Waals surface area contributed by atoms with E-state index in [0.29, 0.717) is 17.1 Å². The fourth-order valence-electron chi connectivity index (χ4n) is 6.85. The molecule has 0 amide bonds. The Kier molecular flexibility index (Phi) is 12.4. The van der Waals surface area contributed by atoms with Crippen LogP contribution in [0.5, 0.6) is 0 Å². The third-order valence-corrected chi connectivity index (χ3v) is 11.3. The van der Waals surface area contributed by atoms with E-state index in [1.807, 2.05) is 98.7 Å². The summed E-state index contributed by atoms with van der Waals surface area (Å²) in [5.41, 5.74) is 4.29. The number of nitrogens with zero attached hydrogens (tertiary/aromatic N) is 2. The van der Waals surface area contributed by atoms with Gasteiger partial charge in [0.15, 0.2) is 5.78 Å². The minimum Gasteiger partial charge on any atom is -0.512 e. The number of hydrogen-bond donors (Lipinski definition) is 1. The molecule has 0 saturated heterocycles. The van der Waals surface area contributed by atoms with Crippen LogP contribution in [0.4, 0.5) is 0 Å². The van der Waals surface area contributed by atoms with Gasteiger partial charge in [-0.25, -0.2) is 0 Å². The third kappa shape index (κ3) is 8.66. The summed E-state index contributed by atoms with van der Waals surface area (Å²) < 4.78 is 23.5. The SMILES string of the molecule is CCC(C)(CC)C(=O)/C=C(\O)C(C)(CC)CC.[2H]C([2H])(c1ccc2c(ccc3c2oc2nc(C)nc(-c4[c-]c5ccccc5c(C(C)(C)C)c4)c23)c1)C(C)C.[Ir]. The molecule has 0 aliphatic carbocycles. The number of benzene rings is 4. The second-order valence-corrected chi connectivity index (χ2v) is 16.4. The van der Waals surface area contributed by atoms with Crippen molar-refractivity contribution in [1.82, 2.24) is 9.97 Å². The largest absolute Gasteiger partial charge is 0.512 e. The maximum atomic E-state index is 12.2. The van der Waals surface area contributed by atoms with Crippen LogP contribution in [0.3, 0.4) is 0 Å². The zero-order valence-electron chi connectivity index (χ0n) is 36.2. The summed E-state index contributed by atoms with van der Waals surface area (Å²) >= 11 is 0. The Balaban J connectivity index is 0.000000330. The summed E-state index contributed by atoms with van der Waals surface area (Å²) in [6.07, 6.45) is 3.34. The molecule has 0 fully saturated rings. The number of rotatable bonds is 10. The molecule has 0 saturated carbocycles. The van der Waals surface area contributed by atoms with Crippen LogP contribution < -0.4 is 0 Å². The van der Waals surface area contributed by atoms with Crippen LogP contribution in [0.1, 0.15) is 122 Å². The number of furan rings is 1. The molecule has 6 aromatic rings. The van der Waals surface area contributed by atoms with E-state index >= 15 is 0 Å². The maximum Gasteiger partial charge on any atom is 0.223 e. The van der Waals surface area contributed by atoms with Gasteiger partial charge in [0.25, 0.3) is 0 Å². The zero-order chi connectivity index (χ0) is 40.7. The van der Waals surface area contributed by atoms with E-state index in [1.165, 1.54) is 17.0 Å². The van der Waals surface area contributed by atoms with Gasteiger partial charge in [0, 0.05) is 61.6 Å². The van der Waals surface area contributed by atoms with Crippen molar-refractivity contribution in [3.8, 4) is 11.3 Å². The first-order valence-corrected chi connectivity index (χ1v) is 19.3. The Morgan fingerprint density at radius 2 is 1.50 bits per heavy atom. The molecule has 0 unspecified atom stereocenters. The van der Waals surface area contributed by atoms with Crippen LogP contribution in [0.2, 0.25) is 0 Å². The minimum absolute atomic E-state index is 0. The van der Waals surface area contributed by atoms with Crippen molar-refractivity contribution in [3.63, 3.8) is 0 Å². The Bertz CT molecular complexity index is 2400. The molecule has 4 aromatic carbocycles. The molecule has 1 N–H and O–H groups in total. The molecule has 0 spiro atoms. The average molecular weight is 906 g/mol. The van der Waals surface area contributed by atoms with E-state index in [1.54, 1.807) is 0 Å². The standard InChI is InChI=1S/C33H31N2O.C15H28O2.Ir/c1-19(2)15-21-11-13-26-23(16-21)12-14-27-29-30(34-20(3)35-32(29)36-31(26)27)24-17-22-9-7-8-10-25(22)28(18-24)33(4,5)6;1-7-14(5,8-2)12(16)11-13(17)15(6,9-3)10-4;/h7-14,16,18-19H,15H2,1-6H3;11,16H,7-10H2,1-6H3;/q-1;;/b;12-11-;/i15D2;;. The molecular formula is C48H59IrN2O3-. The van der Waals surface area contributed by atoms with Crippen LogP contribution >= 0.6 is 0 Å². The Morgan fingerprint density at radius 3 is 2.11 bits per heavy atom. The second-order valence-electron chi connectivity index (χ2n) is 16.4.